The number of hydrogen-bond acceptors (Lipinski definition) is 3. The van der Waals surface area contributed by atoms with Crippen LogP contribution in [0, 0.1) is 5.92 Å². The van der Waals surface area contributed by atoms with Gasteiger partial charge in [0.1, 0.15) is 0 Å². The molecular weight excluding hydrogens is 170 g/mol. The minimum Gasteiger partial charge on any atom is -0.393 e. The van der Waals surface area contributed by atoms with Gasteiger partial charge in [0.25, 0.3) is 0 Å². The minimum absolute atomic E-state index is 0.0396. The maximum absolute atomic E-state index is 11.5. The Kier molecular flexibility index (Phi) is 2.51. The van der Waals surface area contributed by atoms with E-state index in [-0.39, 0.29) is 24.0 Å². The lowest BCUT2D eigenvalue weighted by Crippen LogP contribution is -2.48. The fourth-order valence-electron chi connectivity index (χ4n) is 1.77. The molecule has 1 aliphatic carbocycles. The predicted octanol–water partition coefficient (Wildman–Crippen LogP) is -0.338. The number of carbonyl (C=O) groups is 1. The lowest BCUT2D eigenvalue weighted by atomic mass is 9.89. The van der Waals surface area contributed by atoms with Gasteiger partial charge in [-0.15, -0.1) is 0 Å². The highest BCUT2D eigenvalue weighted by Gasteiger charge is 2.31. The Balaban J connectivity index is 1.72. The summed E-state index contributed by atoms with van der Waals surface area (Å²) in [6.45, 7) is 1.26. The van der Waals surface area contributed by atoms with Gasteiger partial charge in [0.2, 0.25) is 5.91 Å². The molecule has 0 aromatic heterocycles. The number of hydrogen-bond donors (Lipinski definition) is 2. The zero-order chi connectivity index (χ0) is 9.26. The van der Waals surface area contributed by atoms with Crippen LogP contribution in [0.4, 0.5) is 0 Å². The molecule has 0 bridgehead atoms. The van der Waals surface area contributed by atoms with Crippen LogP contribution in [0.15, 0.2) is 0 Å². The molecule has 1 atom stereocenters. The highest BCUT2D eigenvalue weighted by molar-refractivity contribution is 5.79. The average molecular weight is 185 g/mol. The first-order valence-electron chi connectivity index (χ1n) is 4.82. The number of ether oxygens (including phenoxy) is 1. The summed E-state index contributed by atoms with van der Waals surface area (Å²) >= 11 is 0. The Morgan fingerprint density at radius 2 is 2.23 bits per heavy atom. The summed E-state index contributed by atoms with van der Waals surface area (Å²) in [6.07, 6.45) is 2.05. The molecule has 74 valence electrons. The SMILES string of the molecule is O=C(NC1CC(O)C1)C1CCOC1. The first-order valence-corrected chi connectivity index (χ1v) is 4.82. The summed E-state index contributed by atoms with van der Waals surface area (Å²) in [4.78, 5) is 11.5. The van der Waals surface area contributed by atoms with Gasteiger partial charge in [-0.2, -0.15) is 0 Å². The molecular formula is C9H15NO3. The van der Waals surface area contributed by atoms with Crippen LogP contribution in [0.2, 0.25) is 0 Å². The van der Waals surface area contributed by atoms with Gasteiger partial charge >= 0.3 is 0 Å². The smallest absolute Gasteiger partial charge is 0.225 e. The second kappa shape index (κ2) is 3.64. The lowest BCUT2D eigenvalue weighted by Gasteiger charge is -2.32. The van der Waals surface area contributed by atoms with E-state index < -0.39 is 0 Å². The first-order chi connectivity index (χ1) is 6.25. The second-order valence-electron chi connectivity index (χ2n) is 3.89. The summed E-state index contributed by atoms with van der Waals surface area (Å²) in [5, 5.41) is 11.9. The Bertz CT molecular complexity index is 195. The van der Waals surface area contributed by atoms with Gasteiger partial charge in [-0.3, -0.25) is 4.79 Å². The van der Waals surface area contributed by atoms with E-state index >= 15 is 0 Å². The molecule has 2 aliphatic rings. The molecule has 0 aromatic rings. The molecule has 0 radical (unpaired) electrons. The van der Waals surface area contributed by atoms with Gasteiger partial charge in [0, 0.05) is 12.6 Å². The molecule has 0 spiro atoms. The number of rotatable bonds is 2. The topological polar surface area (TPSA) is 58.6 Å². The van der Waals surface area contributed by atoms with E-state index in [0.717, 1.165) is 6.42 Å². The number of carbonyl (C=O) groups excluding carboxylic acids is 1. The third-order valence-corrected chi connectivity index (χ3v) is 2.76. The van der Waals surface area contributed by atoms with Crippen molar-refractivity contribution in [2.45, 2.75) is 31.4 Å². The van der Waals surface area contributed by atoms with Crippen LogP contribution < -0.4 is 5.32 Å². The fourth-order valence-corrected chi connectivity index (χ4v) is 1.77. The van der Waals surface area contributed by atoms with Crippen molar-refractivity contribution in [3.05, 3.63) is 0 Å². The Morgan fingerprint density at radius 1 is 1.46 bits per heavy atom. The Morgan fingerprint density at radius 3 is 2.77 bits per heavy atom. The van der Waals surface area contributed by atoms with Crippen LogP contribution in [0.1, 0.15) is 19.3 Å². The van der Waals surface area contributed by atoms with Crippen LogP contribution in [0.25, 0.3) is 0 Å². The minimum atomic E-state index is -0.204. The standard InChI is InChI=1S/C9H15NO3/c11-8-3-7(4-8)10-9(12)6-1-2-13-5-6/h6-8,11H,1-5H2,(H,10,12). The van der Waals surface area contributed by atoms with Crippen molar-refractivity contribution in [1.82, 2.24) is 5.32 Å². The van der Waals surface area contributed by atoms with E-state index in [1.54, 1.807) is 0 Å². The number of aliphatic hydroxyl groups is 1. The monoisotopic (exact) mass is 185 g/mol. The molecule has 1 unspecified atom stereocenters. The van der Waals surface area contributed by atoms with Crippen molar-refractivity contribution in [1.29, 1.82) is 0 Å². The molecule has 1 heterocycles. The van der Waals surface area contributed by atoms with Crippen molar-refractivity contribution in [2.75, 3.05) is 13.2 Å². The normalized spacial score (nSPS) is 38.4. The van der Waals surface area contributed by atoms with E-state index in [0.29, 0.717) is 26.1 Å². The maximum atomic E-state index is 11.5. The summed E-state index contributed by atoms with van der Waals surface area (Å²) < 4.78 is 5.12. The lowest BCUT2D eigenvalue weighted by molar-refractivity contribution is -0.127. The van der Waals surface area contributed by atoms with Crippen molar-refractivity contribution in [3.63, 3.8) is 0 Å². The highest BCUT2D eigenvalue weighted by Crippen LogP contribution is 2.21. The quantitative estimate of drug-likeness (QED) is 0.619. The van der Waals surface area contributed by atoms with Gasteiger partial charge < -0.3 is 15.2 Å². The first kappa shape index (κ1) is 8.97. The van der Waals surface area contributed by atoms with E-state index in [1.165, 1.54) is 0 Å². The average Bonchev–Trinajstić information content (AvgIpc) is 2.53. The largest absolute Gasteiger partial charge is 0.393 e. The maximum Gasteiger partial charge on any atom is 0.225 e. The van der Waals surface area contributed by atoms with Crippen LogP contribution in [0.3, 0.4) is 0 Å². The van der Waals surface area contributed by atoms with Crippen molar-refractivity contribution < 1.29 is 14.6 Å². The molecule has 2 rings (SSSR count). The Labute approximate surface area is 77.3 Å². The van der Waals surface area contributed by atoms with Crippen LogP contribution in [0.5, 0.6) is 0 Å². The van der Waals surface area contributed by atoms with Crippen molar-refractivity contribution in [3.8, 4) is 0 Å². The summed E-state index contributed by atoms with van der Waals surface area (Å²) in [5.74, 6) is 0.132. The summed E-state index contributed by atoms with van der Waals surface area (Å²) in [6, 6.07) is 0.197. The third kappa shape index (κ3) is 2.00. The summed E-state index contributed by atoms with van der Waals surface area (Å²) in [5.41, 5.74) is 0. The molecule has 13 heavy (non-hydrogen) atoms. The highest BCUT2D eigenvalue weighted by atomic mass is 16.5. The molecule has 0 aromatic carbocycles. The van der Waals surface area contributed by atoms with Crippen LogP contribution in [-0.2, 0) is 9.53 Å². The third-order valence-electron chi connectivity index (χ3n) is 2.76. The zero-order valence-corrected chi connectivity index (χ0v) is 7.53. The molecule has 4 nitrogen and oxygen atoms in total. The predicted molar refractivity (Wildman–Crippen MR) is 46.1 cm³/mol. The van der Waals surface area contributed by atoms with Crippen LogP contribution >= 0.6 is 0 Å². The second-order valence-corrected chi connectivity index (χ2v) is 3.89. The van der Waals surface area contributed by atoms with E-state index in [9.17, 15) is 4.79 Å². The zero-order valence-electron chi connectivity index (χ0n) is 7.53. The molecule has 1 aliphatic heterocycles. The van der Waals surface area contributed by atoms with Gasteiger partial charge in [-0.25, -0.2) is 0 Å². The Hall–Kier alpha value is -0.610. The van der Waals surface area contributed by atoms with E-state index in [1.807, 2.05) is 0 Å². The number of amides is 1. The molecule has 2 N–H and O–H groups in total. The fraction of sp³-hybridized carbons (Fsp3) is 0.889. The van der Waals surface area contributed by atoms with Gasteiger partial charge in [0.15, 0.2) is 0 Å². The molecule has 4 heteroatoms. The number of nitrogens with one attached hydrogen (secondary N) is 1. The van der Waals surface area contributed by atoms with Gasteiger partial charge in [-0.1, -0.05) is 0 Å². The van der Waals surface area contributed by atoms with Crippen molar-refractivity contribution in [2.24, 2.45) is 5.92 Å². The van der Waals surface area contributed by atoms with Crippen molar-refractivity contribution >= 4 is 5.91 Å². The number of aliphatic hydroxyl groups excluding tert-OH is 1. The summed E-state index contributed by atoms with van der Waals surface area (Å²) in [7, 11) is 0. The van der Waals surface area contributed by atoms with E-state index in [4.69, 9.17) is 9.84 Å². The molecule has 2 fully saturated rings. The molecule has 1 saturated carbocycles. The van der Waals surface area contributed by atoms with Crippen LogP contribution in [-0.4, -0.2) is 36.4 Å². The van der Waals surface area contributed by atoms with Gasteiger partial charge in [0.05, 0.1) is 18.6 Å². The molecule has 1 amide bonds. The van der Waals surface area contributed by atoms with Gasteiger partial charge in [-0.05, 0) is 19.3 Å². The molecule has 1 saturated heterocycles. The van der Waals surface area contributed by atoms with E-state index in [2.05, 4.69) is 5.32 Å².